The van der Waals surface area contributed by atoms with Gasteiger partial charge in [0.1, 0.15) is 5.75 Å². The van der Waals surface area contributed by atoms with E-state index in [1.807, 2.05) is 18.2 Å². The van der Waals surface area contributed by atoms with Crippen molar-refractivity contribution in [2.75, 3.05) is 45.8 Å². The first-order valence-corrected chi connectivity index (χ1v) is 17.7. The molecule has 242 valence electrons. The number of rotatable bonds is 2. The van der Waals surface area contributed by atoms with E-state index < -0.39 is 27.1 Å². The molecule has 0 saturated heterocycles. The van der Waals surface area contributed by atoms with E-state index in [9.17, 15) is 18.0 Å². The van der Waals surface area contributed by atoms with Gasteiger partial charge in [0.05, 0.1) is 18.4 Å². The summed E-state index contributed by atoms with van der Waals surface area (Å²) in [6, 6.07) is 11.3. The Bertz CT molecular complexity index is 1610. The lowest BCUT2D eigenvalue weighted by atomic mass is 9.68. The molecule has 0 aromatic heterocycles. The Hall–Kier alpha value is -3.08. The van der Waals surface area contributed by atoms with Gasteiger partial charge in [-0.05, 0) is 98.2 Å². The summed E-state index contributed by atoms with van der Waals surface area (Å²) < 4.78 is 41.7. The van der Waals surface area contributed by atoms with Crippen LogP contribution in [-0.2, 0) is 31.4 Å². The van der Waals surface area contributed by atoms with Crippen molar-refractivity contribution in [3.05, 3.63) is 70.3 Å². The molecule has 5 atom stereocenters. The molecule has 1 fully saturated rings. The molecule has 0 radical (unpaired) electrons. The highest BCUT2D eigenvalue weighted by molar-refractivity contribution is 7.91. The maximum atomic E-state index is 13.5. The first-order chi connectivity index (χ1) is 21.5. The van der Waals surface area contributed by atoms with E-state index in [0.29, 0.717) is 31.2 Å². The third-order valence-corrected chi connectivity index (χ3v) is 12.1. The van der Waals surface area contributed by atoms with E-state index in [1.54, 1.807) is 25.3 Å². The second-order valence-electron chi connectivity index (χ2n) is 13.2. The minimum atomic E-state index is -4.33. The van der Waals surface area contributed by atoms with Gasteiger partial charge in [0.15, 0.2) is 5.25 Å². The Labute approximate surface area is 270 Å². The zero-order valence-electron chi connectivity index (χ0n) is 26.1. The molecule has 2 aliphatic carbocycles. The number of halogens is 1. The molecule has 0 unspecified atom stereocenters. The third-order valence-electron chi connectivity index (χ3n) is 10.2. The zero-order chi connectivity index (χ0) is 31.9. The summed E-state index contributed by atoms with van der Waals surface area (Å²) in [5.41, 5.74) is 3.18. The molecule has 45 heavy (non-hydrogen) atoms. The number of ether oxygens (including phenoxy) is 2. The number of nitrogens with zero attached hydrogens (tertiary/aromatic N) is 2. The van der Waals surface area contributed by atoms with Crippen molar-refractivity contribution in [2.45, 2.75) is 61.7 Å². The average molecular weight is 656 g/mol. The number of benzene rings is 2. The molecule has 2 aromatic carbocycles. The molecule has 1 spiro atoms. The molecular weight excluding hydrogens is 614 g/mol. The first kappa shape index (κ1) is 31.9. The number of hydrogen-bond acceptors (Lipinski definition) is 7. The van der Waals surface area contributed by atoms with E-state index >= 15 is 0 Å². The average Bonchev–Trinajstić information content (AvgIpc) is 3.14. The minimum absolute atomic E-state index is 0.0429. The maximum absolute atomic E-state index is 13.5. The van der Waals surface area contributed by atoms with Gasteiger partial charge in [0, 0.05) is 50.3 Å². The molecule has 4 aliphatic rings. The molecule has 2 amide bonds. The number of aryl methyl sites for hydroxylation is 1. The normalized spacial score (nSPS) is 30.0. The van der Waals surface area contributed by atoms with E-state index in [0.717, 1.165) is 49.4 Å². The van der Waals surface area contributed by atoms with Gasteiger partial charge in [-0.15, -0.1) is 0 Å². The molecular formula is C34H42ClN3O6S. The van der Waals surface area contributed by atoms with Crippen LogP contribution in [0, 0.1) is 11.8 Å². The Kier molecular flexibility index (Phi) is 8.93. The topological polar surface area (TPSA) is 105 Å². The van der Waals surface area contributed by atoms with Crippen LogP contribution in [0.15, 0.2) is 48.6 Å². The summed E-state index contributed by atoms with van der Waals surface area (Å²) in [6.45, 7) is 1.92. The zero-order valence-corrected chi connectivity index (χ0v) is 27.7. The van der Waals surface area contributed by atoms with Crippen LogP contribution in [-0.4, -0.2) is 77.4 Å². The quantitative estimate of drug-likeness (QED) is 0.467. The van der Waals surface area contributed by atoms with Gasteiger partial charge in [-0.2, -0.15) is 0 Å². The number of amides is 2. The van der Waals surface area contributed by atoms with Crippen molar-refractivity contribution in [3.8, 4) is 5.75 Å². The summed E-state index contributed by atoms with van der Waals surface area (Å²) in [6.07, 6.45) is 9.19. The largest absolute Gasteiger partial charge is 0.490 e. The van der Waals surface area contributed by atoms with Gasteiger partial charge in [-0.3, -0.25) is 9.59 Å². The van der Waals surface area contributed by atoms with Crippen LogP contribution < -0.4 is 14.4 Å². The molecule has 1 saturated carbocycles. The smallest absolute Gasteiger partial charge is 0.264 e. The van der Waals surface area contributed by atoms with E-state index in [4.69, 9.17) is 21.1 Å². The Morgan fingerprint density at radius 2 is 1.98 bits per heavy atom. The lowest BCUT2D eigenvalue weighted by Gasteiger charge is -2.46. The lowest BCUT2D eigenvalue weighted by molar-refractivity contribution is -0.128. The van der Waals surface area contributed by atoms with Crippen molar-refractivity contribution >= 4 is 39.1 Å². The Morgan fingerprint density at radius 1 is 1.16 bits per heavy atom. The Balaban J connectivity index is 1.43. The molecule has 11 heteroatoms. The van der Waals surface area contributed by atoms with Crippen LogP contribution in [0.1, 0.15) is 60.0 Å². The number of methoxy groups -OCH3 is 1. The van der Waals surface area contributed by atoms with Crippen molar-refractivity contribution in [1.82, 2.24) is 9.62 Å². The van der Waals surface area contributed by atoms with Gasteiger partial charge in [0.25, 0.3) is 5.91 Å². The minimum Gasteiger partial charge on any atom is -0.490 e. The van der Waals surface area contributed by atoms with E-state index in [2.05, 4.69) is 21.8 Å². The highest BCUT2D eigenvalue weighted by Crippen LogP contribution is 2.47. The van der Waals surface area contributed by atoms with Crippen molar-refractivity contribution < 1.29 is 27.5 Å². The highest BCUT2D eigenvalue weighted by Gasteiger charge is 2.44. The summed E-state index contributed by atoms with van der Waals surface area (Å²) in [5, 5.41) is -0.684. The van der Waals surface area contributed by atoms with E-state index in [-0.39, 0.29) is 29.4 Å². The number of anilines is 1. The standard InChI is InChI=1S/C34H42ClN3O6S/c1-37(2)33(40)31-9-5-4-8-29(43-3)26-13-10-24(26)19-38-20-34(16-6-7-22-17-25(35)12-14-27(22)34)21-44-30-15-11-23(18-28(30)38)32(39)36-45(31,41)42/h4,8,11-12,14-15,17-18,24,26,29,31H,5-7,9-10,13,16,19-21H2,1-3H3,(H,36,39)/b8-4+/t24-,26+,29-,31+,34-/m0/s1. The number of carbonyl (C=O) groups is 2. The first-order valence-electron chi connectivity index (χ1n) is 15.8. The van der Waals surface area contributed by atoms with Crippen LogP contribution in [0.2, 0.25) is 5.02 Å². The number of fused-ring (bicyclic) bond motifs is 4. The summed E-state index contributed by atoms with van der Waals surface area (Å²) in [4.78, 5) is 30.1. The summed E-state index contributed by atoms with van der Waals surface area (Å²) >= 11 is 6.41. The van der Waals surface area contributed by atoms with Gasteiger partial charge in [-0.1, -0.05) is 29.8 Å². The van der Waals surface area contributed by atoms with Crippen molar-refractivity contribution in [1.29, 1.82) is 0 Å². The number of sulfonamides is 1. The fourth-order valence-electron chi connectivity index (χ4n) is 7.63. The number of hydrogen-bond donors (Lipinski definition) is 1. The lowest BCUT2D eigenvalue weighted by Crippen LogP contribution is -2.49. The SMILES string of the molecule is CO[C@H]1/C=C/CC[C@H](C(=O)N(C)C)S(=O)(=O)NC(=O)c2ccc3c(c2)N(C[C@@H]2CC[C@H]21)C[C@@]1(CCCc2cc(Cl)ccc21)CO3. The van der Waals surface area contributed by atoms with Crippen LogP contribution >= 0.6 is 11.6 Å². The predicted octanol–water partition coefficient (Wildman–Crippen LogP) is 4.72. The number of allylic oxidation sites excluding steroid dienone is 1. The molecule has 2 aromatic rings. The second kappa shape index (κ2) is 12.6. The van der Waals surface area contributed by atoms with Crippen LogP contribution in [0.3, 0.4) is 0 Å². The van der Waals surface area contributed by atoms with Crippen molar-refractivity contribution in [3.63, 3.8) is 0 Å². The number of nitrogens with one attached hydrogen (secondary N) is 1. The molecule has 2 bridgehead atoms. The fraction of sp³-hybridized carbons (Fsp3) is 0.529. The van der Waals surface area contributed by atoms with Gasteiger partial charge < -0.3 is 19.3 Å². The van der Waals surface area contributed by atoms with Crippen LogP contribution in [0.5, 0.6) is 5.75 Å². The third kappa shape index (κ3) is 6.21. The van der Waals surface area contributed by atoms with Crippen molar-refractivity contribution in [2.24, 2.45) is 11.8 Å². The molecule has 9 nitrogen and oxygen atoms in total. The molecule has 2 heterocycles. The highest BCUT2D eigenvalue weighted by atomic mass is 35.5. The summed E-state index contributed by atoms with van der Waals surface area (Å²) in [7, 11) is 0.403. The number of carbonyl (C=O) groups excluding carboxylic acids is 2. The van der Waals surface area contributed by atoms with Crippen LogP contribution in [0.4, 0.5) is 5.69 Å². The predicted molar refractivity (Wildman–Crippen MR) is 174 cm³/mol. The fourth-order valence-corrected chi connectivity index (χ4v) is 9.26. The molecule has 2 aliphatic heterocycles. The van der Waals surface area contributed by atoms with Gasteiger partial charge in [-0.25, -0.2) is 13.1 Å². The van der Waals surface area contributed by atoms with E-state index in [1.165, 1.54) is 30.1 Å². The monoisotopic (exact) mass is 655 g/mol. The van der Waals surface area contributed by atoms with Crippen LogP contribution in [0.25, 0.3) is 0 Å². The summed E-state index contributed by atoms with van der Waals surface area (Å²) in [5.74, 6) is -0.0462. The molecule has 1 N–H and O–H groups in total. The second-order valence-corrected chi connectivity index (χ2v) is 15.5. The Morgan fingerprint density at radius 3 is 2.71 bits per heavy atom. The molecule has 6 rings (SSSR count). The van der Waals surface area contributed by atoms with Gasteiger partial charge >= 0.3 is 0 Å². The maximum Gasteiger partial charge on any atom is 0.264 e. The van der Waals surface area contributed by atoms with Gasteiger partial charge in [0.2, 0.25) is 15.9 Å².